The van der Waals surface area contributed by atoms with Crippen LogP contribution in [0.4, 0.5) is 0 Å². The van der Waals surface area contributed by atoms with Crippen molar-refractivity contribution in [2.24, 2.45) is 0 Å². The molecule has 60 valence electrons. The van der Waals surface area contributed by atoms with E-state index in [0.717, 1.165) is 6.61 Å². The van der Waals surface area contributed by atoms with Gasteiger partial charge in [-0.25, -0.2) is 0 Å². The highest BCUT2D eigenvalue weighted by molar-refractivity contribution is 6.08. The van der Waals surface area contributed by atoms with Gasteiger partial charge in [-0.05, 0) is 20.3 Å². The zero-order valence-electron chi connectivity index (χ0n) is 7.02. The number of rotatable bonds is 2. The van der Waals surface area contributed by atoms with Gasteiger partial charge in [-0.15, -0.1) is 0 Å². The molecule has 1 saturated heterocycles. The predicted octanol–water partition coefficient (Wildman–Crippen LogP) is 0.312. The van der Waals surface area contributed by atoms with E-state index < -0.39 is 0 Å². The lowest BCUT2D eigenvalue weighted by molar-refractivity contribution is -0.138. The Bertz CT molecular complexity index is 114. The van der Waals surface area contributed by atoms with Crippen molar-refractivity contribution in [2.75, 3.05) is 6.61 Å². The van der Waals surface area contributed by atoms with Gasteiger partial charge in [-0.2, -0.15) is 0 Å². The van der Waals surface area contributed by atoms with Crippen molar-refractivity contribution in [1.29, 1.82) is 0 Å². The zero-order chi connectivity index (χ0) is 7.61. The molecule has 1 heterocycles. The van der Waals surface area contributed by atoms with E-state index in [0.29, 0.717) is 6.10 Å². The van der Waals surface area contributed by atoms with Crippen LogP contribution in [0.2, 0.25) is 6.04 Å². The van der Waals surface area contributed by atoms with Gasteiger partial charge in [0, 0.05) is 10.2 Å². The van der Waals surface area contributed by atoms with Crippen LogP contribution in [0, 0.1) is 0 Å². The van der Waals surface area contributed by atoms with Crippen LogP contribution in [0.5, 0.6) is 0 Å². The third kappa shape index (κ3) is 2.07. The fraction of sp³-hybridized carbons (Fsp3) is 1.00. The van der Waals surface area contributed by atoms with Crippen LogP contribution in [0.1, 0.15) is 20.3 Å². The summed E-state index contributed by atoms with van der Waals surface area (Å²) in [5, 5.41) is 0. The highest BCUT2D eigenvalue weighted by atomic mass is 28.1. The minimum Gasteiger partial charge on any atom is -0.348 e. The summed E-state index contributed by atoms with van der Waals surface area (Å²) in [6.07, 6.45) is 1.54. The molecule has 0 spiro atoms. The van der Waals surface area contributed by atoms with Crippen LogP contribution >= 0.6 is 0 Å². The van der Waals surface area contributed by atoms with Crippen LogP contribution in [0.15, 0.2) is 0 Å². The molecule has 1 rings (SSSR count). The predicted molar refractivity (Wildman–Crippen MR) is 44.3 cm³/mol. The normalized spacial score (nSPS) is 31.2. The Morgan fingerprint density at radius 2 is 2.30 bits per heavy atom. The van der Waals surface area contributed by atoms with E-state index in [1.165, 1.54) is 22.7 Å². The van der Waals surface area contributed by atoms with Gasteiger partial charge < -0.3 is 9.47 Å². The molecule has 0 aromatic rings. The van der Waals surface area contributed by atoms with Crippen molar-refractivity contribution in [1.82, 2.24) is 0 Å². The van der Waals surface area contributed by atoms with Gasteiger partial charge in [0.1, 0.15) is 0 Å². The first-order chi connectivity index (χ1) is 4.64. The summed E-state index contributed by atoms with van der Waals surface area (Å²) in [4.78, 5) is 0. The second kappa shape index (κ2) is 3.03. The first kappa shape index (κ1) is 8.24. The van der Waals surface area contributed by atoms with Crippen molar-refractivity contribution < 1.29 is 9.47 Å². The van der Waals surface area contributed by atoms with Crippen LogP contribution in [0.25, 0.3) is 0 Å². The second-order valence-electron chi connectivity index (χ2n) is 3.24. The fourth-order valence-electron chi connectivity index (χ4n) is 1.23. The molecule has 1 unspecified atom stereocenters. The summed E-state index contributed by atoms with van der Waals surface area (Å²) in [6.45, 7) is 4.73. The standard InChI is InChI=1S/C7H16O2Si/c1-7(2)8-5-6(9-7)3-4-10/h6H,3-5H2,1-2,10H3. The highest BCUT2D eigenvalue weighted by Gasteiger charge is 2.31. The Balaban J connectivity index is 2.29. The lowest BCUT2D eigenvalue weighted by atomic mass is 10.3. The SMILES string of the molecule is CC1(C)OCC(CC[SiH3])O1. The Morgan fingerprint density at radius 1 is 1.60 bits per heavy atom. The van der Waals surface area contributed by atoms with Gasteiger partial charge in [0.2, 0.25) is 0 Å². The van der Waals surface area contributed by atoms with E-state index in [1.807, 2.05) is 13.8 Å². The monoisotopic (exact) mass is 160 g/mol. The molecule has 2 nitrogen and oxygen atoms in total. The van der Waals surface area contributed by atoms with Gasteiger partial charge in [-0.1, -0.05) is 6.04 Å². The van der Waals surface area contributed by atoms with Crippen LogP contribution in [-0.2, 0) is 9.47 Å². The smallest absolute Gasteiger partial charge is 0.163 e. The Labute approximate surface area is 65.3 Å². The average Bonchev–Trinajstić information content (AvgIpc) is 2.12. The molecule has 3 heteroatoms. The summed E-state index contributed by atoms with van der Waals surface area (Å²) in [5.74, 6) is -0.318. The minimum absolute atomic E-state index is 0.318. The van der Waals surface area contributed by atoms with Crippen molar-refractivity contribution in [2.45, 2.75) is 38.2 Å². The van der Waals surface area contributed by atoms with E-state index in [4.69, 9.17) is 9.47 Å². The Kier molecular flexibility index (Phi) is 2.49. The largest absolute Gasteiger partial charge is 0.348 e. The summed E-state index contributed by atoms with van der Waals surface area (Å²) >= 11 is 0. The van der Waals surface area contributed by atoms with Gasteiger partial charge in [0.25, 0.3) is 0 Å². The van der Waals surface area contributed by atoms with Crippen molar-refractivity contribution in [3.63, 3.8) is 0 Å². The molecule has 1 aliphatic heterocycles. The molecule has 1 fully saturated rings. The maximum atomic E-state index is 5.59. The quantitative estimate of drug-likeness (QED) is 0.541. The van der Waals surface area contributed by atoms with E-state index >= 15 is 0 Å². The summed E-state index contributed by atoms with van der Waals surface area (Å²) in [5.41, 5.74) is 0. The summed E-state index contributed by atoms with van der Waals surface area (Å²) in [7, 11) is 1.27. The molecule has 0 saturated carbocycles. The third-order valence-electron chi connectivity index (χ3n) is 1.68. The maximum Gasteiger partial charge on any atom is 0.163 e. The molecule has 0 aromatic heterocycles. The highest BCUT2D eigenvalue weighted by Crippen LogP contribution is 2.24. The molecule has 0 bridgehead atoms. The minimum atomic E-state index is -0.318. The van der Waals surface area contributed by atoms with Gasteiger partial charge in [0.15, 0.2) is 5.79 Å². The summed E-state index contributed by atoms with van der Waals surface area (Å²) in [6, 6.07) is 1.31. The second-order valence-corrected chi connectivity index (χ2v) is 4.24. The Hall–Kier alpha value is 0.137. The fourth-order valence-corrected chi connectivity index (χ4v) is 1.87. The van der Waals surface area contributed by atoms with Crippen LogP contribution in [0.3, 0.4) is 0 Å². The molecular weight excluding hydrogens is 144 g/mol. The van der Waals surface area contributed by atoms with Gasteiger partial charge in [-0.3, -0.25) is 0 Å². The number of hydrogen-bond acceptors (Lipinski definition) is 2. The lowest BCUT2D eigenvalue weighted by Crippen LogP contribution is -2.21. The van der Waals surface area contributed by atoms with Crippen molar-refractivity contribution >= 4 is 10.2 Å². The van der Waals surface area contributed by atoms with Crippen molar-refractivity contribution in [3.05, 3.63) is 0 Å². The van der Waals surface area contributed by atoms with E-state index in [1.54, 1.807) is 0 Å². The lowest BCUT2D eigenvalue weighted by Gasteiger charge is -2.16. The molecular formula is C7H16O2Si. The molecule has 1 aliphatic rings. The third-order valence-corrected chi connectivity index (χ3v) is 2.26. The first-order valence-corrected chi connectivity index (χ1v) is 5.37. The molecule has 1 atom stereocenters. The molecule has 0 amide bonds. The first-order valence-electron chi connectivity index (χ1n) is 3.96. The van der Waals surface area contributed by atoms with Crippen LogP contribution in [-0.4, -0.2) is 28.7 Å². The maximum absolute atomic E-state index is 5.59. The van der Waals surface area contributed by atoms with Gasteiger partial charge >= 0.3 is 0 Å². The number of ether oxygens (including phenoxy) is 2. The topological polar surface area (TPSA) is 18.5 Å². The van der Waals surface area contributed by atoms with E-state index in [9.17, 15) is 0 Å². The molecule has 0 N–H and O–H groups in total. The summed E-state index contributed by atoms with van der Waals surface area (Å²) < 4.78 is 11.0. The molecule has 0 radical (unpaired) electrons. The molecule has 0 aliphatic carbocycles. The van der Waals surface area contributed by atoms with E-state index in [-0.39, 0.29) is 5.79 Å². The van der Waals surface area contributed by atoms with Gasteiger partial charge in [0.05, 0.1) is 12.7 Å². The van der Waals surface area contributed by atoms with E-state index in [2.05, 4.69) is 0 Å². The number of hydrogen-bond donors (Lipinski definition) is 0. The average molecular weight is 160 g/mol. The van der Waals surface area contributed by atoms with Crippen LogP contribution < -0.4 is 0 Å². The zero-order valence-corrected chi connectivity index (χ0v) is 9.02. The molecule has 10 heavy (non-hydrogen) atoms. The molecule has 0 aromatic carbocycles. The Morgan fingerprint density at radius 3 is 2.70 bits per heavy atom. The van der Waals surface area contributed by atoms with Crippen molar-refractivity contribution in [3.8, 4) is 0 Å².